The molecule has 0 aliphatic carbocycles. The fourth-order valence-electron chi connectivity index (χ4n) is 3.39. The molecule has 4 rings (SSSR count). The maximum Gasteiger partial charge on any atom is 0.112 e. The van der Waals surface area contributed by atoms with Crippen molar-refractivity contribution in [2.45, 2.75) is 24.0 Å². The molecule has 0 bridgehead atoms. The quantitative estimate of drug-likeness (QED) is 0.876. The van der Waals surface area contributed by atoms with Crippen molar-refractivity contribution in [3.05, 3.63) is 60.7 Å². The Bertz CT molecular complexity index is 579. The first-order chi connectivity index (χ1) is 10.8. The fraction of sp³-hybridized carbons (Fsp3) is 0.333. The van der Waals surface area contributed by atoms with E-state index in [1.807, 2.05) is 12.1 Å². The Morgan fingerprint density at radius 3 is 1.91 bits per heavy atom. The summed E-state index contributed by atoms with van der Waals surface area (Å²) in [5.74, 6) is 0. The van der Waals surface area contributed by atoms with Gasteiger partial charge in [0.15, 0.2) is 0 Å². The van der Waals surface area contributed by atoms with Crippen molar-refractivity contribution in [3.63, 3.8) is 0 Å². The van der Waals surface area contributed by atoms with Gasteiger partial charge in [0.05, 0.1) is 19.3 Å². The number of hydrogen-bond acceptors (Lipinski definition) is 3. The number of fused-ring (bicyclic) bond motifs is 1. The van der Waals surface area contributed by atoms with Gasteiger partial charge in [-0.15, -0.1) is 0 Å². The summed E-state index contributed by atoms with van der Waals surface area (Å²) >= 11 is 0. The molecule has 3 nitrogen and oxygen atoms in total. The summed E-state index contributed by atoms with van der Waals surface area (Å²) in [5, 5.41) is 12.7. The Morgan fingerprint density at radius 2 is 1.32 bits per heavy atom. The maximum atomic E-state index is 10.00. The van der Waals surface area contributed by atoms with Crippen LogP contribution in [0.5, 0.6) is 0 Å². The second-order valence-electron chi connectivity index (χ2n) is 5.77. The number of rotatable bonds is 3. The minimum atomic E-state index is -0.564. The molecule has 0 unspecified atom stereocenters. The molecule has 0 amide bonds. The van der Waals surface area contributed by atoms with E-state index < -0.39 is 14.0 Å². The molecule has 2 aliphatic rings. The lowest BCUT2D eigenvalue weighted by Gasteiger charge is -2.27. The highest BCUT2D eigenvalue weighted by Gasteiger charge is 2.50. The van der Waals surface area contributed by atoms with E-state index in [4.69, 9.17) is 9.47 Å². The number of aliphatic hydroxyl groups excluding tert-OH is 1. The van der Waals surface area contributed by atoms with E-state index in [-0.39, 0.29) is 12.2 Å². The van der Waals surface area contributed by atoms with Gasteiger partial charge in [0.25, 0.3) is 0 Å². The van der Waals surface area contributed by atoms with Crippen LogP contribution in [0.2, 0.25) is 0 Å². The van der Waals surface area contributed by atoms with Gasteiger partial charge >= 0.3 is 0 Å². The Labute approximate surface area is 131 Å². The van der Waals surface area contributed by atoms with Crippen LogP contribution in [-0.4, -0.2) is 42.3 Å². The summed E-state index contributed by atoms with van der Waals surface area (Å²) in [5.41, 5.74) is 0.293. The fourth-order valence-corrected chi connectivity index (χ4v) is 6.22. The van der Waals surface area contributed by atoms with Crippen LogP contribution < -0.4 is 10.6 Å². The van der Waals surface area contributed by atoms with Gasteiger partial charge in [-0.05, 0) is 18.5 Å². The maximum absolute atomic E-state index is 10.00. The summed E-state index contributed by atoms with van der Waals surface area (Å²) in [6.07, 6.45) is -0.651. The molecule has 1 N–H and O–H groups in total. The van der Waals surface area contributed by atoms with Gasteiger partial charge in [-0.25, -0.2) is 0 Å². The smallest absolute Gasteiger partial charge is 0.112 e. The van der Waals surface area contributed by atoms with Crippen molar-refractivity contribution in [2.75, 3.05) is 13.2 Å². The highest BCUT2D eigenvalue weighted by molar-refractivity contribution is 7.73. The van der Waals surface area contributed by atoms with Crippen LogP contribution in [0.1, 0.15) is 0 Å². The summed E-state index contributed by atoms with van der Waals surface area (Å²) in [6, 6.07) is 21.2. The summed E-state index contributed by atoms with van der Waals surface area (Å²) in [4.78, 5) is 0. The summed E-state index contributed by atoms with van der Waals surface area (Å²) < 4.78 is 11.7. The zero-order valence-electron chi connectivity index (χ0n) is 12.2. The highest BCUT2D eigenvalue weighted by Crippen LogP contribution is 2.47. The van der Waals surface area contributed by atoms with Crippen LogP contribution >= 0.6 is 7.92 Å². The molecule has 0 spiro atoms. The monoisotopic (exact) mass is 314 g/mol. The number of aliphatic hydroxyl groups is 1. The number of hydrogen-bond donors (Lipinski definition) is 1. The standard InChI is InChI=1S/C18H19O3P/c19-15-11-20-18-16(12-21-17(15)18)22(13-7-3-1-4-8-13)14-9-5-2-6-10-14/h1-10,15-19H,11-12H2/t15-,16-,17-,18-/m1/s1. The van der Waals surface area contributed by atoms with E-state index in [9.17, 15) is 5.11 Å². The third-order valence-corrected chi connectivity index (χ3v) is 7.22. The van der Waals surface area contributed by atoms with Gasteiger partial charge in [0.2, 0.25) is 0 Å². The van der Waals surface area contributed by atoms with Crippen LogP contribution in [-0.2, 0) is 9.47 Å². The minimum Gasteiger partial charge on any atom is -0.388 e. The lowest BCUT2D eigenvalue weighted by Crippen LogP contribution is -2.34. The normalized spacial score (nSPS) is 30.6. The largest absolute Gasteiger partial charge is 0.388 e. The van der Waals surface area contributed by atoms with Crippen LogP contribution in [0.3, 0.4) is 0 Å². The second-order valence-corrected chi connectivity index (χ2v) is 8.21. The molecular formula is C18H19O3P. The van der Waals surface area contributed by atoms with Crippen LogP contribution in [0.15, 0.2) is 60.7 Å². The zero-order valence-corrected chi connectivity index (χ0v) is 13.1. The van der Waals surface area contributed by atoms with Gasteiger partial charge in [0.1, 0.15) is 12.2 Å². The first-order valence-corrected chi connectivity index (χ1v) is 9.06. The Balaban J connectivity index is 1.72. The summed E-state index contributed by atoms with van der Waals surface area (Å²) in [6.45, 7) is 1.04. The van der Waals surface area contributed by atoms with Crippen molar-refractivity contribution < 1.29 is 14.6 Å². The van der Waals surface area contributed by atoms with Gasteiger partial charge in [-0.2, -0.15) is 0 Å². The van der Waals surface area contributed by atoms with Crippen molar-refractivity contribution in [3.8, 4) is 0 Å². The van der Waals surface area contributed by atoms with E-state index in [0.717, 1.165) is 0 Å². The molecule has 2 heterocycles. The molecule has 0 aromatic heterocycles. The Hall–Kier alpha value is -1.25. The molecule has 2 saturated heterocycles. The molecule has 2 aromatic rings. The third kappa shape index (κ3) is 2.49. The van der Waals surface area contributed by atoms with Crippen molar-refractivity contribution >= 4 is 18.5 Å². The van der Waals surface area contributed by atoms with E-state index in [0.29, 0.717) is 18.9 Å². The van der Waals surface area contributed by atoms with E-state index in [1.54, 1.807) is 0 Å². The summed E-state index contributed by atoms with van der Waals surface area (Å²) in [7, 11) is -0.564. The molecule has 0 radical (unpaired) electrons. The van der Waals surface area contributed by atoms with E-state index >= 15 is 0 Å². The van der Waals surface area contributed by atoms with E-state index in [1.165, 1.54) is 10.6 Å². The average Bonchev–Trinajstić information content (AvgIpc) is 3.14. The Kier molecular flexibility index (Phi) is 3.98. The number of ether oxygens (including phenoxy) is 2. The first-order valence-electron chi connectivity index (χ1n) is 7.65. The molecule has 0 saturated carbocycles. The van der Waals surface area contributed by atoms with Gasteiger partial charge in [0, 0.05) is 5.66 Å². The van der Waals surface area contributed by atoms with Crippen molar-refractivity contribution in [1.29, 1.82) is 0 Å². The molecule has 114 valence electrons. The molecule has 4 heteroatoms. The molecule has 4 atom stereocenters. The SMILES string of the molecule is O[C@@H]1CO[C@H]2[C@@H]1OC[C@H]2P(c1ccccc1)c1ccccc1. The average molecular weight is 314 g/mol. The number of benzene rings is 2. The zero-order chi connectivity index (χ0) is 14.9. The second kappa shape index (κ2) is 6.10. The van der Waals surface area contributed by atoms with Gasteiger partial charge in [-0.3, -0.25) is 0 Å². The first kappa shape index (κ1) is 14.3. The van der Waals surface area contributed by atoms with Crippen molar-refractivity contribution in [1.82, 2.24) is 0 Å². The van der Waals surface area contributed by atoms with E-state index in [2.05, 4.69) is 48.5 Å². The van der Waals surface area contributed by atoms with Crippen LogP contribution in [0.25, 0.3) is 0 Å². The Morgan fingerprint density at radius 1 is 0.773 bits per heavy atom. The van der Waals surface area contributed by atoms with Crippen LogP contribution in [0.4, 0.5) is 0 Å². The minimum absolute atomic E-state index is 0.00141. The van der Waals surface area contributed by atoms with Crippen molar-refractivity contribution in [2.24, 2.45) is 0 Å². The lowest BCUT2D eigenvalue weighted by atomic mass is 10.1. The van der Waals surface area contributed by atoms with Gasteiger partial charge in [-0.1, -0.05) is 60.7 Å². The lowest BCUT2D eigenvalue weighted by molar-refractivity contribution is 0.0188. The van der Waals surface area contributed by atoms with Gasteiger partial charge < -0.3 is 14.6 Å². The topological polar surface area (TPSA) is 38.7 Å². The molecule has 2 aliphatic heterocycles. The molecule has 2 fully saturated rings. The van der Waals surface area contributed by atoms with Crippen LogP contribution in [0, 0.1) is 0 Å². The molecule has 2 aromatic carbocycles. The third-order valence-electron chi connectivity index (χ3n) is 4.40. The highest BCUT2D eigenvalue weighted by atomic mass is 31.1. The predicted molar refractivity (Wildman–Crippen MR) is 88.3 cm³/mol. The predicted octanol–water partition coefficient (Wildman–Crippen LogP) is 1.65. The molecular weight excluding hydrogens is 295 g/mol. The molecule has 22 heavy (non-hydrogen) atoms.